The molecule has 5 fully saturated rings. The predicted octanol–water partition coefficient (Wildman–Crippen LogP) is 30.3. The van der Waals surface area contributed by atoms with E-state index in [0.29, 0.717) is 91.6 Å². The number of nitrogens with two attached hydrogens (primary N) is 1. The molecule has 0 spiro atoms. The molecule has 16 nitrogen and oxygen atoms in total. The Labute approximate surface area is 813 Å². The summed E-state index contributed by atoms with van der Waals surface area (Å²) in [6.07, 6.45) is 46.9. The van der Waals surface area contributed by atoms with Crippen molar-refractivity contribution in [2.75, 3.05) is 65.4 Å². The monoisotopic (exact) mass is 1910 g/mol. The number of hydrogen-bond donors (Lipinski definition) is 6. The number of carbonyl (C=O) groups excluding carboxylic acids is 5. The molecule has 134 heavy (non-hydrogen) atoms. The van der Waals surface area contributed by atoms with Gasteiger partial charge in [-0.3, -0.25) is 0 Å². The number of carbonyl (C=O) groups is 5. The standard InChI is InChI=1S/C23H28BrNO2.C23H28ClNO2.C23H28FNO2.C23H38N2O2.C23H29NO2/c1-2-27-23(26)20-11-10-19(14-17-6-4-3-5-7-17)22(15-20)25-16-18-8-12-21(24)13-9-18;2*1-2-27-23(26)20-12-11-19(13-17-7-4-3-5-8-17)22(15-20)25-16-18-9-6-10-21(24)14-18;1-2-3-4-5-6-7-8-12-17-27-23(26)19-15-16-22(21(24)18-19)25-20-13-10-9-11-14-20;1-2-26-23(25)21-14-13-20(15-18-9-5-3-6-10-18)22(16-21)24-17-19-11-7-4-8-12-19/h8-13,15,17,25H,2-7,14,16H2,1H3;2*6,9-12,14-15,17,25H,2-5,7-8,13,16H2,1H3;15-16,18,20,25H,2-14,17,24H2,1H3;4,7-8,11-14,16,18,24H,2-3,5-6,9-10,15,17H2,1H3. The number of rotatable bonds is 40. The van der Waals surface area contributed by atoms with Gasteiger partial charge in [0.1, 0.15) is 5.82 Å². The van der Waals surface area contributed by atoms with Crippen LogP contribution in [0.1, 0.15) is 343 Å². The summed E-state index contributed by atoms with van der Waals surface area (Å²) in [6.45, 7) is 14.2. The molecule has 5 aliphatic rings. The maximum Gasteiger partial charge on any atom is 0.338 e. The quantitative estimate of drug-likeness (QED) is 0.00911. The Morgan fingerprint density at radius 1 is 0.336 bits per heavy atom. The number of ether oxygens (including phenoxy) is 5. The van der Waals surface area contributed by atoms with Crippen molar-refractivity contribution in [3.63, 3.8) is 0 Å². The fourth-order valence-electron chi connectivity index (χ4n) is 18.9. The van der Waals surface area contributed by atoms with Gasteiger partial charge in [0.05, 0.1) is 72.2 Å². The highest BCUT2D eigenvalue weighted by atomic mass is 79.9. The second-order valence-corrected chi connectivity index (χ2v) is 38.2. The predicted molar refractivity (Wildman–Crippen MR) is 553 cm³/mol. The molecule has 0 radical (unpaired) electrons. The van der Waals surface area contributed by atoms with Crippen LogP contribution in [0, 0.1) is 29.5 Å². The van der Waals surface area contributed by atoms with Crippen LogP contribution in [0.15, 0.2) is 199 Å². The number of nitrogen functional groups attached to an aromatic ring is 1. The smallest absolute Gasteiger partial charge is 0.338 e. The van der Waals surface area contributed by atoms with E-state index in [-0.39, 0.29) is 35.7 Å². The molecule has 0 unspecified atom stereocenters. The summed E-state index contributed by atoms with van der Waals surface area (Å²) in [7, 11) is 0. The topological polar surface area (TPSA) is 218 Å². The van der Waals surface area contributed by atoms with Crippen LogP contribution < -0.4 is 32.3 Å². The number of halogens is 3. The first-order valence-electron chi connectivity index (χ1n) is 50.7. The summed E-state index contributed by atoms with van der Waals surface area (Å²) in [5.74, 6) is 1.34. The van der Waals surface area contributed by atoms with Gasteiger partial charge in [-0.15, -0.1) is 0 Å². The number of anilines is 6. The van der Waals surface area contributed by atoms with Crippen LogP contribution >= 0.6 is 27.5 Å². The van der Waals surface area contributed by atoms with E-state index in [2.05, 4.69) is 122 Å². The van der Waals surface area contributed by atoms with Gasteiger partial charge < -0.3 is 56.0 Å². The molecule has 9 aromatic carbocycles. The zero-order valence-electron chi connectivity index (χ0n) is 80.7. The Kier molecular flexibility index (Phi) is 47.7. The summed E-state index contributed by atoms with van der Waals surface area (Å²) in [5, 5.41) is 18.3. The highest BCUT2D eigenvalue weighted by molar-refractivity contribution is 9.10. The van der Waals surface area contributed by atoms with Crippen LogP contribution in [-0.2, 0) is 75.5 Å². The van der Waals surface area contributed by atoms with Gasteiger partial charge in [0.2, 0.25) is 0 Å². The van der Waals surface area contributed by atoms with Crippen LogP contribution in [0.25, 0.3) is 0 Å². The van der Waals surface area contributed by atoms with E-state index in [1.807, 2.05) is 118 Å². The first-order chi connectivity index (χ1) is 65.4. The molecular formula is C115H151BrClFN6O10. The average Bonchev–Trinajstić information content (AvgIpc) is 0.855. The Hall–Kier alpha value is -10.2. The fourth-order valence-corrected chi connectivity index (χ4v) is 19.4. The first-order valence-corrected chi connectivity index (χ1v) is 51.9. The third-order valence-electron chi connectivity index (χ3n) is 26.4. The molecule has 9 aromatic rings. The van der Waals surface area contributed by atoms with Gasteiger partial charge in [0, 0.05) is 64.5 Å². The lowest BCUT2D eigenvalue weighted by molar-refractivity contribution is 0.0492. The van der Waals surface area contributed by atoms with Crippen molar-refractivity contribution in [2.45, 2.75) is 304 Å². The molecule has 0 amide bonds. The molecule has 722 valence electrons. The highest BCUT2D eigenvalue weighted by Gasteiger charge is 2.25. The number of benzene rings is 9. The average molecular weight is 1910 g/mol. The van der Waals surface area contributed by atoms with Gasteiger partial charge >= 0.3 is 29.8 Å². The minimum absolute atomic E-state index is 0.239. The van der Waals surface area contributed by atoms with Gasteiger partial charge in [-0.05, 0) is 244 Å². The fraction of sp³-hybridized carbons (Fsp3) is 0.487. The SMILES string of the molecule is CCCCCCCCCCOC(=O)c1ccc(NC2CCCCC2)c(N)c1.CCOC(=O)c1ccc(CC2CCCCC2)c(NCc2ccc(Br)cc2)c1.CCOC(=O)c1ccc(CC2CCCCC2)c(NCc2cccc(Cl)c2)c1.CCOC(=O)c1ccc(CC2CCCCC2)c(NCc2cccc(F)c2)c1.CCOC(=O)c1ccc(CC2CCCCC2)c(NCc2ccccc2)c1. The molecule has 7 N–H and O–H groups in total. The summed E-state index contributed by atoms with van der Waals surface area (Å²) in [5.41, 5.74) is 24.2. The molecule has 0 atom stereocenters. The molecule has 5 aliphatic carbocycles. The summed E-state index contributed by atoms with van der Waals surface area (Å²) < 4.78 is 40.6. The Morgan fingerprint density at radius 3 is 1.04 bits per heavy atom. The van der Waals surface area contributed by atoms with Gasteiger partial charge in [-0.1, -0.05) is 318 Å². The lowest BCUT2D eigenvalue weighted by Crippen LogP contribution is -2.22. The number of nitrogens with one attached hydrogen (secondary N) is 5. The summed E-state index contributed by atoms with van der Waals surface area (Å²) >= 11 is 9.58. The minimum Gasteiger partial charge on any atom is -0.462 e. The Morgan fingerprint density at radius 2 is 0.664 bits per heavy atom. The van der Waals surface area contributed by atoms with Crippen LogP contribution in [-0.4, -0.2) is 68.9 Å². The molecule has 0 bridgehead atoms. The van der Waals surface area contributed by atoms with Gasteiger partial charge in [-0.25, -0.2) is 28.4 Å². The van der Waals surface area contributed by atoms with Gasteiger partial charge in [0.25, 0.3) is 0 Å². The normalized spacial score (nSPS) is 14.8. The van der Waals surface area contributed by atoms with Crippen molar-refractivity contribution in [2.24, 2.45) is 23.7 Å². The molecule has 0 aromatic heterocycles. The zero-order valence-corrected chi connectivity index (χ0v) is 83.0. The van der Waals surface area contributed by atoms with E-state index in [1.54, 1.807) is 19.1 Å². The third kappa shape index (κ3) is 38.2. The van der Waals surface area contributed by atoms with Crippen molar-refractivity contribution in [1.82, 2.24) is 0 Å². The van der Waals surface area contributed by atoms with Crippen molar-refractivity contribution >= 4 is 91.5 Å². The van der Waals surface area contributed by atoms with Crippen molar-refractivity contribution in [3.05, 3.63) is 282 Å². The molecule has 14 rings (SSSR count). The second kappa shape index (κ2) is 60.3. The van der Waals surface area contributed by atoms with E-state index >= 15 is 0 Å². The van der Waals surface area contributed by atoms with E-state index in [0.717, 1.165) is 118 Å². The number of unbranched alkanes of at least 4 members (excludes halogenated alkanes) is 7. The Bertz CT molecular complexity index is 4850. The molecule has 19 heteroatoms. The minimum atomic E-state index is -0.310. The molecular weight excluding hydrogens is 1760 g/mol. The van der Waals surface area contributed by atoms with Crippen molar-refractivity contribution in [3.8, 4) is 0 Å². The largest absolute Gasteiger partial charge is 0.462 e. The third-order valence-corrected chi connectivity index (χ3v) is 27.1. The first kappa shape index (κ1) is 106. The maximum absolute atomic E-state index is 13.4. The summed E-state index contributed by atoms with van der Waals surface area (Å²) in [4.78, 5) is 60.8. The maximum atomic E-state index is 13.4. The molecule has 0 saturated heterocycles. The van der Waals surface area contributed by atoms with Gasteiger partial charge in [-0.2, -0.15) is 0 Å². The number of hydrogen-bond acceptors (Lipinski definition) is 16. The molecule has 5 saturated carbocycles. The van der Waals surface area contributed by atoms with Crippen LogP contribution in [0.2, 0.25) is 5.02 Å². The van der Waals surface area contributed by atoms with E-state index in [1.165, 1.54) is 245 Å². The lowest BCUT2D eigenvalue weighted by Gasteiger charge is -2.24. The summed E-state index contributed by atoms with van der Waals surface area (Å²) in [6, 6.07) is 62.7. The van der Waals surface area contributed by atoms with Crippen LogP contribution in [0.4, 0.5) is 38.5 Å². The number of esters is 5. The van der Waals surface area contributed by atoms with E-state index in [9.17, 15) is 28.4 Å². The highest BCUT2D eigenvalue weighted by Crippen LogP contribution is 2.37. The van der Waals surface area contributed by atoms with E-state index in [4.69, 9.17) is 41.0 Å². The zero-order chi connectivity index (χ0) is 94.7. The molecule has 0 heterocycles. The van der Waals surface area contributed by atoms with Gasteiger partial charge in [0.15, 0.2) is 0 Å². The van der Waals surface area contributed by atoms with Crippen molar-refractivity contribution < 1.29 is 52.0 Å². The lowest BCUT2D eigenvalue weighted by atomic mass is 9.84. The van der Waals surface area contributed by atoms with Crippen LogP contribution in [0.5, 0.6) is 0 Å². The molecule has 0 aliphatic heterocycles. The van der Waals surface area contributed by atoms with E-state index < -0.39 is 0 Å². The van der Waals surface area contributed by atoms with Crippen LogP contribution in [0.3, 0.4) is 0 Å². The second-order valence-electron chi connectivity index (χ2n) is 36.9. The Balaban J connectivity index is 0.000000173. The van der Waals surface area contributed by atoms with Crippen molar-refractivity contribution in [1.29, 1.82) is 0 Å².